The van der Waals surface area contributed by atoms with Crippen LogP contribution in [-0.4, -0.2) is 15.5 Å². The third kappa shape index (κ3) is 2.74. The van der Waals surface area contributed by atoms with Crippen LogP contribution >= 0.6 is 15.9 Å². The molecule has 0 aliphatic heterocycles. The molecule has 1 aromatic rings. The number of hydrogen-bond donors (Lipinski definition) is 1. The Morgan fingerprint density at radius 1 is 1.31 bits per heavy atom. The molecular formula is C8H7BrF3NO2S. The number of halogens is 4. The first kappa shape index (κ1) is 13.5. The maximum absolute atomic E-state index is 12.6. The molecule has 8 heteroatoms. The summed E-state index contributed by atoms with van der Waals surface area (Å²) in [7, 11) is -3.07. The Morgan fingerprint density at radius 3 is 2.31 bits per heavy atom. The molecule has 0 heterocycles. The van der Waals surface area contributed by atoms with Gasteiger partial charge in [0.25, 0.3) is 0 Å². The number of sulfonamides is 1. The minimum Gasteiger partial charge on any atom is -0.214 e. The number of alkyl halides is 3. The maximum atomic E-state index is 12.6. The first-order valence-electron chi connectivity index (χ1n) is 3.99. The average Bonchev–Trinajstić information content (AvgIpc) is 2.16. The molecule has 0 fully saturated rings. The van der Waals surface area contributed by atoms with Crippen molar-refractivity contribution in [3.05, 3.63) is 28.2 Å². The summed E-state index contributed by atoms with van der Waals surface area (Å²) in [6.07, 6.45) is -4.72. The Kier molecular flexibility index (Phi) is 3.65. The molecule has 0 saturated carbocycles. The van der Waals surface area contributed by atoms with E-state index in [1.165, 1.54) is 6.07 Å². The van der Waals surface area contributed by atoms with Crippen molar-refractivity contribution in [1.82, 2.24) is 4.72 Å². The van der Waals surface area contributed by atoms with Crippen molar-refractivity contribution in [2.45, 2.75) is 11.1 Å². The molecule has 0 amide bonds. The van der Waals surface area contributed by atoms with Crippen LogP contribution in [0, 0.1) is 0 Å². The molecule has 16 heavy (non-hydrogen) atoms. The third-order valence-electron chi connectivity index (χ3n) is 1.81. The molecule has 90 valence electrons. The monoisotopic (exact) mass is 317 g/mol. The maximum Gasteiger partial charge on any atom is 0.417 e. The van der Waals surface area contributed by atoms with Crippen LogP contribution in [0.1, 0.15) is 5.56 Å². The second kappa shape index (κ2) is 4.34. The summed E-state index contributed by atoms with van der Waals surface area (Å²) in [6, 6.07) is 2.86. The zero-order chi connectivity index (χ0) is 12.6. The highest BCUT2D eigenvalue weighted by atomic mass is 79.9. The fraction of sp³-hybridized carbons (Fsp3) is 0.250. The van der Waals surface area contributed by atoms with Gasteiger partial charge >= 0.3 is 6.18 Å². The smallest absolute Gasteiger partial charge is 0.214 e. The molecular weight excluding hydrogens is 311 g/mol. The molecule has 1 N–H and O–H groups in total. The molecule has 0 spiro atoms. The summed E-state index contributed by atoms with van der Waals surface area (Å²) in [5.41, 5.74) is -1.20. The van der Waals surface area contributed by atoms with Crippen LogP contribution in [0.3, 0.4) is 0 Å². The van der Waals surface area contributed by atoms with Crippen LogP contribution in [0.25, 0.3) is 0 Å². The van der Waals surface area contributed by atoms with Gasteiger partial charge in [-0.1, -0.05) is 15.9 Å². The van der Waals surface area contributed by atoms with Gasteiger partial charge in [0.2, 0.25) is 10.0 Å². The number of benzene rings is 1. The number of rotatable bonds is 2. The van der Waals surface area contributed by atoms with Gasteiger partial charge in [-0.3, -0.25) is 0 Å². The molecule has 0 unspecified atom stereocenters. The van der Waals surface area contributed by atoms with E-state index in [2.05, 4.69) is 15.9 Å². The van der Waals surface area contributed by atoms with Crippen molar-refractivity contribution in [2.75, 3.05) is 7.05 Å². The van der Waals surface area contributed by atoms with E-state index < -0.39 is 26.7 Å². The lowest BCUT2D eigenvalue weighted by molar-refractivity contribution is -0.139. The van der Waals surface area contributed by atoms with Crippen LogP contribution < -0.4 is 4.72 Å². The van der Waals surface area contributed by atoms with Gasteiger partial charge in [0, 0.05) is 4.47 Å². The second-order valence-corrected chi connectivity index (χ2v) is 5.62. The zero-order valence-electron chi connectivity index (χ0n) is 7.97. The molecule has 0 radical (unpaired) electrons. The average molecular weight is 318 g/mol. The van der Waals surface area contributed by atoms with E-state index in [1.807, 2.05) is 4.72 Å². The van der Waals surface area contributed by atoms with Crippen LogP contribution in [-0.2, 0) is 16.2 Å². The minimum atomic E-state index is -4.72. The van der Waals surface area contributed by atoms with Gasteiger partial charge in [0.1, 0.15) is 0 Å². The van der Waals surface area contributed by atoms with Crippen molar-refractivity contribution < 1.29 is 21.6 Å². The summed E-state index contributed by atoms with van der Waals surface area (Å²) in [4.78, 5) is -0.786. The van der Waals surface area contributed by atoms with Gasteiger partial charge in [-0.25, -0.2) is 13.1 Å². The summed E-state index contributed by atoms with van der Waals surface area (Å²) < 4.78 is 62.5. The summed E-state index contributed by atoms with van der Waals surface area (Å²) >= 11 is 2.86. The standard InChI is InChI=1S/C8H7BrF3NO2S/c1-13-16(14,15)7-3-2-5(9)4-6(7)8(10,11)12/h2-4,13H,1H3. The molecule has 3 nitrogen and oxygen atoms in total. The molecule has 0 atom stereocenters. The quantitative estimate of drug-likeness (QED) is 0.910. The van der Waals surface area contributed by atoms with Crippen molar-refractivity contribution in [1.29, 1.82) is 0 Å². The largest absolute Gasteiger partial charge is 0.417 e. The first-order chi connectivity index (χ1) is 7.18. The first-order valence-corrected chi connectivity index (χ1v) is 6.26. The topological polar surface area (TPSA) is 46.2 Å². The van der Waals surface area contributed by atoms with Crippen LogP contribution in [0.4, 0.5) is 13.2 Å². The lowest BCUT2D eigenvalue weighted by Gasteiger charge is -2.12. The minimum absolute atomic E-state index is 0.162. The van der Waals surface area contributed by atoms with Crippen molar-refractivity contribution >= 4 is 26.0 Å². The highest BCUT2D eigenvalue weighted by Crippen LogP contribution is 2.35. The van der Waals surface area contributed by atoms with E-state index in [4.69, 9.17) is 0 Å². The van der Waals surface area contributed by atoms with E-state index in [-0.39, 0.29) is 4.47 Å². The lowest BCUT2D eigenvalue weighted by Crippen LogP contribution is -2.22. The Balaban J connectivity index is 3.53. The molecule has 0 aliphatic rings. The number of nitrogens with one attached hydrogen (secondary N) is 1. The Hall–Kier alpha value is -0.600. The van der Waals surface area contributed by atoms with Gasteiger partial charge in [0.05, 0.1) is 10.5 Å². The predicted molar refractivity (Wildman–Crippen MR) is 55.4 cm³/mol. The van der Waals surface area contributed by atoms with Crippen molar-refractivity contribution in [3.8, 4) is 0 Å². The normalized spacial score (nSPS) is 12.8. The highest BCUT2D eigenvalue weighted by Gasteiger charge is 2.36. The van der Waals surface area contributed by atoms with Gasteiger partial charge in [0.15, 0.2) is 0 Å². The molecule has 1 aromatic carbocycles. The lowest BCUT2D eigenvalue weighted by atomic mass is 10.2. The second-order valence-electron chi connectivity index (χ2n) is 2.85. The van der Waals surface area contributed by atoms with Crippen LogP contribution in [0.2, 0.25) is 0 Å². The van der Waals surface area contributed by atoms with Crippen molar-refractivity contribution in [2.24, 2.45) is 0 Å². The van der Waals surface area contributed by atoms with E-state index >= 15 is 0 Å². The van der Waals surface area contributed by atoms with Crippen LogP contribution in [0.5, 0.6) is 0 Å². The van der Waals surface area contributed by atoms with Gasteiger partial charge in [-0.2, -0.15) is 13.2 Å². The van der Waals surface area contributed by atoms with E-state index in [0.717, 1.165) is 19.2 Å². The molecule has 1 rings (SSSR count). The molecule has 0 saturated heterocycles. The zero-order valence-corrected chi connectivity index (χ0v) is 10.4. The highest BCUT2D eigenvalue weighted by molar-refractivity contribution is 9.10. The molecule has 0 aliphatic carbocycles. The van der Waals surface area contributed by atoms with E-state index in [1.54, 1.807) is 0 Å². The SMILES string of the molecule is CNS(=O)(=O)c1ccc(Br)cc1C(F)(F)F. The van der Waals surface area contributed by atoms with Gasteiger partial charge in [-0.05, 0) is 25.2 Å². The van der Waals surface area contributed by atoms with E-state index in [9.17, 15) is 21.6 Å². The van der Waals surface area contributed by atoms with Gasteiger partial charge in [-0.15, -0.1) is 0 Å². The van der Waals surface area contributed by atoms with E-state index in [0.29, 0.717) is 0 Å². The molecule has 0 aromatic heterocycles. The fourth-order valence-electron chi connectivity index (χ4n) is 1.07. The number of hydrogen-bond acceptors (Lipinski definition) is 2. The molecule has 0 bridgehead atoms. The summed E-state index contributed by atoms with van der Waals surface area (Å²) in [5, 5.41) is 0. The Morgan fingerprint density at radius 2 is 1.88 bits per heavy atom. The summed E-state index contributed by atoms with van der Waals surface area (Å²) in [6.45, 7) is 0. The van der Waals surface area contributed by atoms with Gasteiger partial charge < -0.3 is 0 Å². The Bertz CT molecular complexity index is 498. The Labute approximate surface area is 98.8 Å². The van der Waals surface area contributed by atoms with Crippen LogP contribution in [0.15, 0.2) is 27.6 Å². The third-order valence-corrected chi connectivity index (χ3v) is 3.77. The van der Waals surface area contributed by atoms with Crippen molar-refractivity contribution in [3.63, 3.8) is 0 Å². The predicted octanol–water partition coefficient (Wildman–Crippen LogP) is 2.38. The fourth-order valence-corrected chi connectivity index (χ4v) is 2.36. The summed E-state index contributed by atoms with van der Waals surface area (Å²) in [5.74, 6) is 0.